The van der Waals surface area contributed by atoms with Gasteiger partial charge < -0.3 is 5.32 Å². The number of alkyl halides is 1. The van der Waals surface area contributed by atoms with E-state index >= 15 is 0 Å². The van der Waals surface area contributed by atoms with E-state index in [1.807, 2.05) is 25.1 Å². The number of rotatable bonds is 4. The second-order valence-electron chi connectivity index (χ2n) is 5.20. The summed E-state index contributed by atoms with van der Waals surface area (Å²) in [5, 5.41) is 3.47. The fraction of sp³-hybridized carbons (Fsp3) is 0.615. The van der Waals surface area contributed by atoms with E-state index < -0.39 is 0 Å². The normalized spacial score (nSPS) is 13.6. The number of nitrogens with zero attached hydrogens (tertiary/aromatic N) is 1. The van der Waals surface area contributed by atoms with Gasteiger partial charge in [-0.15, -0.1) is 11.6 Å². The summed E-state index contributed by atoms with van der Waals surface area (Å²) in [5.74, 6) is 1.60. The second kappa shape index (κ2) is 5.53. The molecule has 90 valence electrons. The Labute approximate surface area is 103 Å². The average molecular weight is 241 g/mol. The summed E-state index contributed by atoms with van der Waals surface area (Å²) < 4.78 is 0. The predicted molar refractivity (Wildman–Crippen MR) is 71.2 cm³/mol. The van der Waals surface area contributed by atoms with Gasteiger partial charge in [-0.05, 0) is 30.9 Å². The van der Waals surface area contributed by atoms with Crippen molar-refractivity contribution in [3.63, 3.8) is 0 Å². The molecular weight excluding hydrogens is 220 g/mol. The van der Waals surface area contributed by atoms with Crippen molar-refractivity contribution in [2.24, 2.45) is 5.41 Å². The molecule has 0 saturated heterocycles. The van der Waals surface area contributed by atoms with Gasteiger partial charge in [0.25, 0.3) is 0 Å². The number of pyridine rings is 1. The maximum Gasteiger partial charge on any atom is 0.126 e. The topological polar surface area (TPSA) is 24.9 Å². The van der Waals surface area contributed by atoms with Crippen LogP contribution in [0.3, 0.4) is 0 Å². The minimum Gasteiger partial charge on any atom is -0.367 e. The number of anilines is 1. The summed E-state index contributed by atoms with van der Waals surface area (Å²) in [4.78, 5) is 4.45. The maximum atomic E-state index is 5.84. The van der Waals surface area contributed by atoms with E-state index in [2.05, 4.69) is 31.1 Å². The molecule has 0 spiro atoms. The molecule has 1 atom stereocenters. The zero-order chi connectivity index (χ0) is 12.2. The Balaban J connectivity index is 2.76. The van der Waals surface area contributed by atoms with Gasteiger partial charge in [0.2, 0.25) is 0 Å². The molecule has 1 rings (SSSR count). The van der Waals surface area contributed by atoms with Crippen LogP contribution in [0, 0.1) is 12.3 Å². The molecular formula is C13H21ClN2. The monoisotopic (exact) mass is 240 g/mol. The van der Waals surface area contributed by atoms with Crippen molar-refractivity contribution in [2.45, 2.75) is 40.2 Å². The molecule has 0 amide bonds. The predicted octanol–water partition coefficient (Wildman–Crippen LogP) is 3.85. The Morgan fingerprint density at radius 2 is 2.06 bits per heavy atom. The van der Waals surface area contributed by atoms with Crippen LogP contribution in [0.2, 0.25) is 0 Å². The second-order valence-corrected chi connectivity index (χ2v) is 5.58. The fourth-order valence-electron chi connectivity index (χ4n) is 1.63. The van der Waals surface area contributed by atoms with Gasteiger partial charge in [-0.1, -0.05) is 26.8 Å². The average Bonchev–Trinajstić information content (AvgIpc) is 2.16. The van der Waals surface area contributed by atoms with Gasteiger partial charge in [0.15, 0.2) is 0 Å². The molecule has 1 N–H and O–H groups in total. The maximum absolute atomic E-state index is 5.84. The van der Waals surface area contributed by atoms with Crippen molar-refractivity contribution < 1.29 is 0 Å². The van der Waals surface area contributed by atoms with Crippen LogP contribution in [0.15, 0.2) is 18.2 Å². The quantitative estimate of drug-likeness (QED) is 0.809. The number of aryl methyl sites for hydroxylation is 1. The Morgan fingerprint density at radius 3 is 2.56 bits per heavy atom. The zero-order valence-corrected chi connectivity index (χ0v) is 11.3. The van der Waals surface area contributed by atoms with E-state index in [0.29, 0.717) is 11.9 Å². The van der Waals surface area contributed by atoms with Crippen LogP contribution in [-0.2, 0) is 0 Å². The summed E-state index contributed by atoms with van der Waals surface area (Å²) in [7, 11) is 0. The van der Waals surface area contributed by atoms with Crippen LogP contribution in [-0.4, -0.2) is 16.9 Å². The summed E-state index contributed by atoms with van der Waals surface area (Å²) in [6, 6.07) is 6.36. The molecule has 0 aromatic carbocycles. The van der Waals surface area contributed by atoms with Crippen molar-refractivity contribution in [2.75, 3.05) is 11.2 Å². The molecule has 1 aromatic rings. The zero-order valence-electron chi connectivity index (χ0n) is 10.5. The lowest BCUT2D eigenvalue weighted by Gasteiger charge is -2.31. The van der Waals surface area contributed by atoms with Gasteiger partial charge in [0, 0.05) is 17.6 Å². The molecule has 0 radical (unpaired) electrons. The first-order chi connectivity index (χ1) is 7.43. The van der Waals surface area contributed by atoms with E-state index in [-0.39, 0.29) is 5.41 Å². The van der Waals surface area contributed by atoms with E-state index in [9.17, 15) is 0 Å². The third-order valence-corrected chi connectivity index (χ3v) is 2.87. The van der Waals surface area contributed by atoms with Crippen LogP contribution in [0.25, 0.3) is 0 Å². The highest BCUT2D eigenvalue weighted by Crippen LogP contribution is 2.25. The van der Waals surface area contributed by atoms with Crippen molar-refractivity contribution in [3.05, 3.63) is 23.9 Å². The third kappa shape index (κ3) is 4.01. The summed E-state index contributed by atoms with van der Waals surface area (Å²) in [6.07, 6.45) is 0.945. The molecule has 0 fully saturated rings. The molecule has 16 heavy (non-hydrogen) atoms. The molecule has 1 heterocycles. The smallest absolute Gasteiger partial charge is 0.126 e. The van der Waals surface area contributed by atoms with Crippen molar-refractivity contribution >= 4 is 17.4 Å². The highest BCUT2D eigenvalue weighted by molar-refractivity contribution is 6.17. The molecule has 3 heteroatoms. The van der Waals surface area contributed by atoms with E-state index in [0.717, 1.165) is 17.9 Å². The molecule has 0 aliphatic carbocycles. The Bertz CT molecular complexity index is 331. The van der Waals surface area contributed by atoms with Crippen molar-refractivity contribution in [1.82, 2.24) is 4.98 Å². The number of halogens is 1. The summed E-state index contributed by atoms with van der Waals surface area (Å²) in [5.41, 5.74) is 1.21. The number of aromatic nitrogens is 1. The van der Waals surface area contributed by atoms with Gasteiger partial charge in [-0.25, -0.2) is 4.98 Å². The van der Waals surface area contributed by atoms with E-state index in [1.54, 1.807) is 0 Å². The van der Waals surface area contributed by atoms with Crippen LogP contribution in [0.5, 0.6) is 0 Å². The van der Waals surface area contributed by atoms with Gasteiger partial charge >= 0.3 is 0 Å². The first-order valence-electron chi connectivity index (χ1n) is 5.69. The largest absolute Gasteiger partial charge is 0.367 e. The van der Waals surface area contributed by atoms with Crippen molar-refractivity contribution in [3.8, 4) is 0 Å². The first kappa shape index (κ1) is 13.3. The number of nitrogens with one attached hydrogen (secondary N) is 1. The molecule has 1 aromatic heterocycles. The Hall–Kier alpha value is -0.760. The van der Waals surface area contributed by atoms with Gasteiger partial charge in [-0.3, -0.25) is 0 Å². The summed E-state index contributed by atoms with van der Waals surface area (Å²) in [6.45, 7) is 8.64. The summed E-state index contributed by atoms with van der Waals surface area (Å²) >= 11 is 5.84. The molecule has 0 aliphatic heterocycles. The van der Waals surface area contributed by atoms with Crippen molar-refractivity contribution in [1.29, 1.82) is 0 Å². The van der Waals surface area contributed by atoms with E-state index in [4.69, 9.17) is 11.6 Å². The molecule has 2 nitrogen and oxygen atoms in total. The standard InChI is InChI=1S/C13H21ClN2/c1-10-6-5-7-12(15-10)16-11(8-9-14)13(2,3)4/h5-7,11H,8-9H2,1-4H3,(H,15,16). The first-order valence-corrected chi connectivity index (χ1v) is 6.23. The number of hydrogen-bond acceptors (Lipinski definition) is 2. The molecule has 0 saturated carbocycles. The van der Waals surface area contributed by atoms with Gasteiger partial charge in [-0.2, -0.15) is 0 Å². The lowest BCUT2D eigenvalue weighted by Crippen LogP contribution is -2.34. The van der Waals surface area contributed by atoms with Crippen LogP contribution >= 0.6 is 11.6 Å². The Morgan fingerprint density at radius 1 is 1.38 bits per heavy atom. The third-order valence-electron chi connectivity index (χ3n) is 2.65. The van der Waals surface area contributed by atoms with Crippen LogP contribution in [0.4, 0.5) is 5.82 Å². The van der Waals surface area contributed by atoms with Crippen LogP contribution in [0.1, 0.15) is 32.9 Å². The minimum atomic E-state index is 0.181. The van der Waals surface area contributed by atoms with E-state index in [1.165, 1.54) is 0 Å². The minimum absolute atomic E-state index is 0.181. The highest BCUT2D eigenvalue weighted by atomic mass is 35.5. The van der Waals surface area contributed by atoms with Gasteiger partial charge in [0.05, 0.1) is 0 Å². The lowest BCUT2D eigenvalue weighted by molar-refractivity contribution is 0.334. The number of hydrogen-bond donors (Lipinski definition) is 1. The van der Waals surface area contributed by atoms with Crippen LogP contribution < -0.4 is 5.32 Å². The fourth-order valence-corrected chi connectivity index (χ4v) is 1.85. The highest BCUT2D eigenvalue weighted by Gasteiger charge is 2.24. The molecule has 1 unspecified atom stereocenters. The van der Waals surface area contributed by atoms with Gasteiger partial charge in [0.1, 0.15) is 5.82 Å². The SMILES string of the molecule is Cc1cccc(NC(CCCl)C(C)(C)C)n1. The lowest BCUT2D eigenvalue weighted by atomic mass is 9.85. The Kier molecular flexibility index (Phi) is 4.60. The molecule has 0 bridgehead atoms. The molecule has 0 aliphatic rings.